The van der Waals surface area contributed by atoms with Gasteiger partial charge in [0.25, 0.3) is 0 Å². The first-order valence-corrected chi connectivity index (χ1v) is 7.48. The van der Waals surface area contributed by atoms with Crippen molar-refractivity contribution in [3.8, 4) is 0 Å². The molecule has 0 radical (unpaired) electrons. The maximum atomic E-state index is 11.9. The van der Waals surface area contributed by atoms with Gasteiger partial charge >= 0.3 is 0 Å². The minimum Gasteiger partial charge on any atom is -0.362 e. The molecule has 0 fully saturated rings. The van der Waals surface area contributed by atoms with Crippen molar-refractivity contribution in [1.29, 1.82) is 0 Å². The van der Waals surface area contributed by atoms with Crippen molar-refractivity contribution in [2.24, 2.45) is 0 Å². The van der Waals surface area contributed by atoms with Gasteiger partial charge < -0.3 is 5.32 Å². The smallest absolute Gasteiger partial charge is 0.187 e. The third-order valence-electron chi connectivity index (χ3n) is 2.90. The maximum Gasteiger partial charge on any atom is 0.187 e. The fourth-order valence-electron chi connectivity index (χ4n) is 1.73. The number of carbonyl (C=O) groups is 2. The highest BCUT2D eigenvalue weighted by molar-refractivity contribution is 14.1. The Morgan fingerprint density at radius 3 is 2.10 bits per heavy atom. The van der Waals surface area contributed by atoms with Crippen LogP contribution >= 0.6 is 22.6 Å². The van der Waals surface area contributed by atoms with Crippen LogP contribution in [0.1, 0.15) is 27.6 Å². The van der Waals surface area contributed by atoms with Crippen LogP contribution in [-0.4, -0.2) is 11.6 Å². The van der Waals surface area contributed by atoms with E-state index in [9.17, 15) is 9.59 Å². The number of carbonyl (C=O) groups excluding carboxylic acids is 2. The molecule has 4 heteroatoms. The zero-order valence-corrected chi connectivity index (χ0v) is 13.6. The van der Waals surface area contributed by atoms with Crippen LogP contribution in [0.2, 0.25) is 0 Å². The Morgan fingerprint density at radius 1 is 0.952 bits per heavy atom. The van der Waals surface area contributed by atoms with Crippen LogP contribution in [0.5, 0.6) is 0 Å². The van der Waals surface area contributed by atoms with E-state index in [2.05, 4.69) is 27.9 Å². The van der Waals surface area contributed by atoms with Gasteiger partial charge in [0.05, 0.1) is 0 Å². The number of halogens is 1. The molecule has 0 saturated carbocycles. The molecule has 3 nitrogen and oxygen atoms in total. The lowest BCUT2D eigenvalue weighted by molar-refractivity contribution is 0.101. The van der Waals surface area contributed by atoms with Crippen molar-refractivity contribution in [3.05, 3.63) is 75.5 Å². The summed E-state index contributed by atoms with van der Waals surface area (Å²) in [5.74, 6) is -0.0229. The van der Waals surface area contributed by atoms with Crippen LogP contribution in [-0.2, 0) is 0 Å². The highest BCUT2D eigenvalue weighted by Gasteiger charge is 2.01. The molecule has 2 aromatic carbocycles. The lowest BCUT2D eigenvalue weighted by Gasteiger charge is -2.01. The molecular weight excluding hydrogens is 377 g/mol. The number of rotatable bonds is 5. The molecule has 2 aromatic rings. The summed E-state index contributed by atoms with van der Waals surface area (Å²) in [5.41, 5.74) is 2.14. The first-order chi connectivity index (χ1) is 10.1. The van der Waals surface area contributed by atoms with E-state index in [4.69, 9.17) is 0 Å². The Balaban J connectivity index is 1.97. The summed E-state index contributed by atoms with van der Waals surface area (Å²) in [4.78, 5) is 23.1. The number of allylic oxidation sites excluding steroid dienone is 1. The second-order valence-corrected chi connectivity index (χ2v) is 5.73. The molecule has 0 aromatic heterocycles. The van der Waals surface area contributed by atoms with E-state index in [1.807, 2.05) is 12.1 Å². The Kier molecular flexibility index (Phi) is 5.27. The van der Waals surface area contributed by atoms with Crippen molar-refractivity contribution < 1.29 is 9.59 Å². The monoisotopic (exact) mass is 391 g/mol. The molecular formula is C17H14INO2. The number of Topliss-reactive ketones (excluding diaryl/α,β-unsaturated/α-hetero) is 1. The minimum absolute atomic E-state index is 0.0333. The van der Waals surface area contributed by atoms with Gasteiger partial charge in [-0.15, -0.1) is 0 Å². The third-order valence-corrected chi connectivity index (χ3v) is 3.62. The molecule has 106 valence electrons. The molecule has 2 rings (SSSR count). The van der Waals surface area contributed by atoms with Gasteiger partial charge in [0.1, 0.15) is 0 Å². The Hall–Kier alpha value is -1.95. The fraction of sp³-hybridized carbons (Fsp3) is 0.0588. The van der Waals surface area contributed by atoms with E-state index < -0.39 is 0 Å². The lowest BCUT2D eigenvalue weighted by atomic mass is 10.1. The van der Waals surface area contributed by atoms with E-state index in [1.165, 1.54) is 13.0 Å². The van der Waals surface area contributed by atoms with Gasteiger partial charge in [-0.25, -0.2) is 0 Å². The van der Waals surface area contributed by atoms with Crippen LogP contribution in [0, 0.1) is 3.57 Å². The predicted molar refractivity (Wildman–Crippen MR) is 92.7 cm³/mol. The van der Waals surface area contributed by atoms with E-state index in [-0.39, 0.29) is 11.6 Å². The molecule has 1 N–H and O–H groups in total. The predicted octanol–water partition coefficient (Wildman–Crippen LogP) is 4.30. The molecule has 0 aliphatic carbocycles. The van der Waals surface area contributed by atoms with Crippen molar-refractivity contribution in [2.75, 3.05) is 5.32 Å². The Bertz CT molecular complexity index is 673. The van der Waals surface area contributed by atoms with Gasteiger partial charge in [-0.2, -0.15) is 0 Å². The maximum absolute atomic E-state index is 11.9. The molecule has 0 aliphatic heterocycles. The minimum atomic E-state index is -0.0562. The summed E-state index contributed by atoms with van der Waals surface area (Å²) in [6, 6.07) is 14.5. The van der Waals surface area contributed by atoms with Gasteiger partial charge in [-0.3, -0.25) is 9.59 Å². The molecule has 0 atom stereocenters. The van der Waals surface area contributed by atoms with Gasteiger partial charge in [0.2, 0.25) is 0 Å². The number of benzene rings is 2. The first kappa shape index (κ1) is 15.4. The van der Waals surface area contributed by atoms with Gasteiger partial charge in [-0.05, 0) is 65.9 Å². The van der Waals surface area contributed by atoms with Crippen molar-refractivity contribution in [3.63, 3.8) is 0 Å². The number of hydrogen-bond donors (Lipinski definition) is 1. The SMILES string of the molecule is CC(=O)c1ccc(NC=CC(=O)c2ccc(I)cc2)cc1. The third kappa shape index (κ3) is 4.53. The Labute approximate surface area is 137 Å². The molecule has 0 unspecified atom stereocenters. The number of ketones is 2. The molecule has 0 amide bonds. The Morgan fingerprint density at radius 2 is 1.52 bits per heavy atom. The van der Waals surface area contributed by atoms with Crippen molar-refractivity contribution in [2.45, 2.75) is 6.92 Å². The number of hydrogen-bond acceptors (Lipinski definition) is 3. The summed E-state index contributed by atoms with van der Waals surface area (Å²) in [5, 5.41) is 3.01. The largest absolute Gasteiger partial charge is 0.362 e. The fourth-order valence-corrected chi connectivity index (χ4v) is 2.08. The van der Waals surface area contributed by atoms with Crippen LogP contribution in [0.25, 0.3) is 0 Å². The second-order valence-electron chi connectivity index (χ2n) is 4.48. The van der Waals surface area contributed by atoms with E-state index in [0.29, 0.717) is 11.1 Å². The molecule has 0 heterocycles. The summed E-state index contributed by atoms with van der Waals surface area (Å²) in [7, 11) is 0. The highest BCUT2D eigenvalue weighted by Crippen LogP contribution is 2.11. The van der Waals surface area contributed by atoms with Crippen LogP contribution in [0.15, 0.2) is 60.8 Å². The van der Waals surface area contributed by atoms with E-state index in [0.717, 1.165) is 9.26 Å². The van der Waals surface area contributed by atoms with Crippen molar-refractivity contribution in [1.82, 2.24) is 0 Å². The van der Waals surface area contributed by atoms with Gasteiger partial charge in [0.15, 0.2) is 11.6 Å². The van der Waals surface area contributed by atoms with Gasteiger partial charge in [-0.1, -0.05) is 12.1 Å². The molecule has 21 heavy (non-hydrogen) atoms. The van der Waals surface area contributed by atoms with Crippen LogP contribution < -0.4 is 5.32 Å². The van der Waals surface area contributed by atoms with Crippen LogP contribution in [0.4, 0.5) is 5.69 Å². The number of nitrogens with one attached hydrogen (secondary N) is 1. The molecule has 0 spiro atoms. The second kappa shape index (κ2) is 7.17. The zero-order valence-electron chi connectivity index (χ0n) is 11.5. The standard InChI is InChI=1S/C17H14INO2/c1-12(20)13-4-8-16(9-5-13)19-11-10-17(21)14-2-6-15(18)7-3-14/h2-11,19H,1H3. The lowest BCUT2D eigenvalue weighted by Crippen LogP contribution is -1.97. The topological polar surface area (TPSA) is 46.2 Å². The quantitative estimate of drug-likeness (QED) is 0.470. The summed E-state index contributed by atoms with van der Waals surface area (Å²) >= 11 is 2.20. The average Bonchev–Trinajstić information content (AvgIpc) is 2.48. The molecule has 0 saturated heterocycles. The first-order valence-electron chi connectivity index (χ1n) is 6.40. The van der Waals surface area contributed by atoms with Gasteiger partial charge in [0, 0.05) is 32.7 Å². The van der Waals surface area contributed by atoms with E-state index in [1.54, 1.807) is 42.6 Å². The summed E-state index contributed by atoms with van der Waals surface area (Å²) < 4.78 is 1.09. The van der Waals surface area contributed by atoms with Crippen molar-refractivity contribution >= 4 is 39.8 Å². The van der Waals surface area contributed by atoms with Crippen LogP contribution in [0.3, 0.4) is 0 Å². The molecule has 0 bridgehead atoms. The normalized spacial score (nSPS) is 10.6. The van der Waals surface area contributed by atoms with E-state index >= 15 is 0 Å². The summed E-state index contributed by atoms with van der Waals surface area (Å²) in [6.07, 6.45) is 3.09. The number of anilines is 1. The highest BCUT2D eigenvalue weighted by atomic mass is 127. The average molecular weight is 391 g/mol. The molecule has 0 aliphatic rings. The summed E-state index contributed by atoms with van der Waals surface area (Å²) in [6.45, 7) is 1.53. The zero-order chi connectivity index (χ0) is 15.2.